The van der Waals surface area contributed by atoms with E-state index in [-0.39, 0.29) is 12.5 Å². The highest BCUT2D eigenvalue weighted by Crippen LogP contribution is 2.31. The zero-order valence-electron chi connectivity index (χ0n) is 11.8. The van der Waals surface area contributed by atoms with Crippen LogP contribution in [0.1, 0.15) is 22.6 Å². The molecule has 0 aliphatic carbocycles. The number of benzene rings is 1. The van der Waals surface area contributed by atoms with Gasteiger partial charge < -0.3 is 15.0 Å². The van der Waals surface area contributed by atoms with E-state index in [1.54, 1.807) is 4.90 Å². The smallest absolute Gasteiger partial charge is 0.270 e. The van der Waals surface area contributed by atoms with Crippen LogP contribution >= 0.6 is 0 Å². The Balaban J connectivity index is 1.59. The van der Waals surface area contributed by atoms with E-state index in [0.29, 0.717) is 24.4 Å². The molecule has 1 aliphatic rings. The second-order valence-corrected chi connectivity index (χ2v) is 5.63. The van der Waals surface area contributed by atoms with Crippen molar-refractivity contribution < 1.29 is 9.90 Å². The number of amides is 1. The summed E-state index contributed by atoms with van der Waals surface area (Å²) in [5.41, 5.74) is 0.802. The molecular formula is C15H15N5O2. The summed E-state index contributed by atoms with van der Waals surface area (Å²) in [7, 11) is 0. The minimum atomic E-state index is -1.13. The van der Waals surface area contributed by atoms with Gasteiger partial charge in [-0.05, 0) is 12.1 Å². The van der Waals surface area contributed by atoms with E-state index >= 15 is 0 Å². The molecule has 0 bridgehead atoms. The largest absolute Gasteiger partial charge is 0.381 e. The minimum Gasteiger partial charge on any atom is -0.381 e. The standard InChI is InChI=1S/C15H15N5O2/c21-14(12-7-10-3-1-2-4-11(10)17-12)20-6-5-15(22,9-20)13-8-16-19-18-13/h1-4,7-8,17,22H,5-6,9H2,(H,16,18,19)/t15-/m0/s1. The zero-order chi connectivity index (χ0) is 15.2. The summed E-state index contributed by atoms with van der Waals surface area (Å²) >= 11 is 0. The number of aliphatic hydroxyl groups is 1. The predicted octanol–water partition coefficient (Wildman–Crippen LogP) is 1.02. The minimum absolute atomic E-state index is 0.115. The van der Waals surface area contributed by atoms with Crippen LogP contribution < -0.4 is 0 Å². The number of H-pyrrole nitrogens is 2. The third-order valence-corrected chi connectivity index (χ3v) is 4.19. The molecule has 1 atom stereocenters. The van der Waals surface area contributed by atoms with Gasteiger partial charge in [0, 0.05) is 23.9 Å². The molecular weight excluding hydrogens is 282 g/mol. The molecule has 3 aromatic rings. The lowest BCUT2D eigenvalue weighted by molar-refractivity contribution is 0.0381. The van der Waals surface area contributed by atoms with Crippen LogP contribution in [0.5, 0.6) is 0 Å². The first-order chi connectivity index (χ1) is 10.7. The Labute approximate surface area is 125 Å². The van der Waals surface area contributed by atoms with Crippen molar-refractivity contribution >= 4 is 16.8 Å². The van der Waals surface area contributed by atoms with Crippen molar-refractivity contribution in [2.45, 2.75) is 12.0 Å². The normalized spacial score (nSPS) is 21.6. The van der Waals surface area contributed by atoms with E-state index in [4.69, 9.17) is 0 Å². The summed E-state index contributed by atoms with van der Waals surface area (Å²) in [5, 5.41) is 21.8. The fraction of sp³-hybridized carbons (Fsp3) is 0.267. The number of hydrogen-bond acceptors (Lipinski definition) is 4. The van der Waals surface area contributed by atoms with Crippen molar-refractivity contribution in [3.8, 4) is 0 Å². The van der Waals surface area contributed by atoms with Crippen molar-refractivity contribution in [1.29, 1.82) is 0 Å². The molecule has 22 heavy (non-hydrogen) atoms. The van der Waals surface area contributed by atoms with Gasteiger partial charge in [-0.2, -0.15) is 15.4 Å². The molecule has 3 N–H and O–H groups in total. The second-order valence-electron chi connectivity index (χ2n) is 5.63. The molecule has 1 saturated heterocycles. The number of likely N-dealkylation sites (tertiary alicyclic amines) is 1. The van der Waals surface area contributed by atoms with Gasteiger partial charge in [-0.15, -0.1) is 0 Å². The first-order valence-corrected chi connectivity index (χ1v) is 7.11. The molecule has 2 aromatic heterocycles. The number of carbonyl (C=O) groups is 1. The summed E-state index contributed by atoms with van der Waals surface area (Å²) in [6.45, 7) is 0.700. The van der Waals surface area contributed by atoms with Gasteiger partial charge in [0.1, 0.15) is 17.0 Å². The van der Waals surface area contributed by atoms with Crippen LogP contribution in [-0.2, 0) is 5.60 Å². The highest BCUT2D eigenvalue weighted by atomic mass is 16.3. The van der Waals surface area contributed by atoms with E-state index in [0.717, 1.165) is 10.9 Å². The van der Waals surface area contributed by atoms with Gasteiger partial charge in [0.15, 0.2) is 0 Å². The molecule has 1 aromatic carbocycles. The van der Waals surface area contributed by atoms with Crippen molar-refractivity contribution in [2.24, 2.45) is 0 Å². The fourth-order valence-electron chi connectivity index (χ4n) is 2.96. The number of hydrogen-bond donors (Lipinski definition) is 3. The van der Waals surface area contributed by atoms with Crippen molar-refractivity contribution in [3.63, 3.8) is 0 Å². The van der Waals surface area contributed by atoms with Gasteiger partial charge in [0.25, 0.3) is 5.91 Å². The van der Waals surface area contributed by atoms with Gasteiger partial charge >= 0.3 is 0 Å². The van der Waals surface area contributed by atoms with Crippen LogP contribution in [0.15, 0.2) is 36.5 Å². The number of para-hydroxylation sites is 1. The lowest BCUT2D eigenvalue weighted by Gasteiger charge is -2.20. The molecule has 1 aliphatic heterocycles. The van der Waals surface area contributed by atoms with Gasteiger partial charge in [-0.25, -0.2) is 0 Å². The Hall–Kier alpha value is -2.67. The molecule has 0 radical (unpaired) electrons. The topological polar surface area (TPSA) is 97.9 Å². The molecule has 1 fully saturated rings. The summed E-state index contributed by atoms with van der Waals surface area (Å²) in [4.78, 5) is 17.4. The molecule has 0 unspecified atom stereocenters. The Morgan fingerprint density at radius 1 is 1.36 bits per heavy atom. The quantitative estimate of drug-likeness (QED) is 0.657. The summed E-state index contributed by atoms with van der Waals surface area (Å²) in [5.74, 6) is -0.115. The Morgan fingerprint density at radius 3 is 3.00 bits per heavy atom. The van der Waals surface area contributed by atoms with E-state index in [1.165, 1.54) is 6.20 Å². The maximum Gasteiger partial charge on any atom is 0.270 e. The Bertz CT molecular complexity index is 792. The van der Waals surface area contributed by atoms with Crippen LogP contribution in [0, 0.1) is 0 Å². The maximum atomic E-state index is 12.6. The summed E-state index contributed by atoms with van der Waals surface area (Å²) in [6.07, 6.45) is 1.95. The molecule has 4 rings (SSSR count). The number of nitrogens with zero attached hydrogens (tertiary/aromatic N) is 3. The molecule has 7 nitrogen and oxygen atoms in total. The van der Waals surface area contributed by atoms with E-state index in [2.05, 4.69) is 20.4 Å². The average molecular weight is 297 g/mol. The number of rotatable bonds is 2. The number of β-amino-alcohol motifs (C(OH)–C–C–N with tert-alkyl or cyclic N) is 1. The van der Waals surface area contributed by atoms with Gasteiger partial charge in [-0.1, -0.05) is 18.2 Å². The van der Waals surface area contributed by atoms with E-state index in [9.17, 15) is 9.90 Å². The third kappa shape index (κ3) is 1.98. The van der Waals surface area contributed by atoms with Crippen molar-refractivity contribution in [1.82, 2.24) is 25.3 Å². The van der Waals surface area contributed by atoms with Gasteiger partial charge in [-0.3, -0.25) is 4.79 Å². The molecule has 7 heteroatoms. The predicted molar refractivity (Wildman–Crippen MR) is 79.1 cm³/mol. The van der Waals surface area contributed by atoms with Crippen LogP contribution in [-0.4, -0.2) is 49.4 Å². The number of carbonyl (C=O) groups excluding carboxylic acids is 1. The number of aromatic amines is 2. The maximum absolute atomic E-state index is 12.6. The van der Waals surface area contributed by atoms with Crippen LogP contribution in [0.2, 0.25) is 0 Å². The summed E-state index contributed by atoms with van der Waals surface area (Å²) in [6, 6.07) is 9.58. The first-order valence-electron chi connectivity index (χ1n) is 7.11. The average Bonchev–Trinajstić information content (AvgIpc) is 3.25. The number of aromatic nitrogens is 4. The van der Waals surface area contributed by atoms with Crippen LogP contribution in [0.4, 0.5) is 0 Å². The van der Waals surface area contributed by atoms with Gasteiger partial charge in [0.05, 0.1) is 12.7 Å². The third-order valence-electron chi connectivity index (χ3n) is 4.19. The Morgan fingerprint density at radius 2 is 2.23 bits per heavy atom. The lowest BCUT2D eigenvalue weighted by Crippen LogP contribution is -2.34. The molecule has 1 amide bonds. The zero-order valence-corrected chi connectivity index (χ0v) is 11.8. The molecule has 3 heterocycles. The van der Waals surface area contributed by atoms with E-state index < -0.39 is 5.60 Å². The van der Waals surface area contributed by atoms with E-state index in [1.807, 2.05) is 30.3 Å². The van der Waals surface area contributed by atoms with Crippen molar-refractivity contribution in [3.05, 3.63) is 47.9 Å². The first kappa shape index (κ1) is 13.0. The monoisotopic (exact) mass is 297 g/mol. The van der Waals surface area contributed by atoms with Gasteiger partial charge in [0.2, 0.25) is 0 Å². The second kappa shape index (κ2) is 4.67. The van der Waals surface area contributed by atoms with Crippen LogP contribution in [0.25, 0.3) is 10.9 Å². The number of nitrogens with one attached hydrogen (secondary N) is 2. The van der Waals surface area contributed by atoms with Crippen LogP contribution in [0.3, 0.4) is 0 Å². The van der Waals surface area contributed by atoms with Crippen molar-refractivity contribution in [2.75, 3.05) is 13.1 Å². The SMILES string of the molecule is O=C(c1cc2ccccc2[nH]1)N1CC[C@@](O)(c2cn[nH]n2)C1. The Kier molecular flexibility index (Phi) is 2.77. The molecule has 0 saturated carbocycles. The highest BCUT2D eigenvalue weighted by Gasteiger charge is 2.42. The number of fused-ring (bicyclic) bond motifs is 1. The fourth-order valence-corrected chi connectivity index (χ4v) is 2.96. The summed E-state index contributed by atoms with van der Waals surface area (Å²) < 4.78 is 0. The molecule has 112 valence electrons. The molecule has 0 spiro atoms. The lowest BCUT2D eigenvalue weighted by atomic mass is 10.00. The highest BCUT2D eigenvalue weighted by molar-refractivity contribution is 5.98.